The monoisotopic (exact) mass is 472 g/mol. The predicted octanol–water partition coefficient (Wildman–Crippen LogP) is 2.81. The zero-order valence-corrected chi connectivity index (χ0v) is 19.4. The third kappa shape index (κ3) is 5.48. The molecule has 1 atom stereocenters. The first-order valence-corrected chi connectivity index (χ1v) is 12.1. The molecule has 0 spiro atoms. The van der Waals surface area contributed by atoms with Gasteiger partial charge >= 0.3 is 0 Å². The quantitative estimate of drug-likeness (QED) is 0.508. The van der Waals surface area contributed by atoms with Gasteiger partial charge < -0.3 is 20.0 Å². The summed E-state index contributed by atoms with van der Waals surface area (Å²) < 4.78 is 0. The van der Waals surface area contributed by atoms with Gasteiger partial charge in [-0.25, -0.2) is 4.98 Å². The van der Waals surface area contributed by atoms with Crippen LogP contribution in [0.3, 0.4) is 0 Å². The molecule has 2 aliphatic heterocycles. The van der Waals surface area contributed by atoms with E-state index in [2.05, 4.69) is 22.1 Å². The van der Waals surface area contributed by atoms with Crippen LogP contribution in [0.4, 0.5) is 16.5 Å². The van der Waals surface area contributed by atoms with E-state index in [0.29, 0.717) is 29.6 Å². The van der Waals surface area contributed by atoms with Crippen LogP contribution in [0.5, 0.6) is 0 Å². The van der Waals surface area contributed by atoms with Crippen LogP contribution < -0.4 is 5.32 Å². The predicted molar refractivity (Wildman–Crippen MR) is 126 cm³/mol. The van der Waals surface area contributed by atoms with Gasteiger partial charge in [0.25, 0.3) is 11.6 Å². The Labute approximate surface area is 196 Å². The Bertz CT molecular complexity index is 1000. The minimum atomic E-state index is -0.453. The van der Waals surface area contributed by atoms with Gasteiger partial charge in [0.2, 0.25) is 5.91 Å². The van der Waals surface area contributed by atoms with Gasteiger partial charge in [-0.2, -0.15) is 0 Å². The summed E-state index contributed by atoms with van der Waals surface area (Å²) in [6.45, 7) is 7.49. The number of carbonyl (C=O) groups is 2. The van der Waals surface area contributed by atoms with Crippen molar-refractivity contribution in [3.05, 3.63) is 45.5 Å². The Morgan fingerprint density at radius 2 is 1.88 bits per heavy atom. The van der Waals surface area contributed by atoms with E-state index in [9.17, 15) is 19.7 Å². The molecule has 1 N–H and O–H groups in total. The van der Waals surface area contributed by atoms with Gasteiger partial charge in [0.1, 0.15) is 5.69 Å². The number of likely N-dealkylation sites (N-methyl/N-ethyl adjacent to an activating group) is 1. The SMILES string of the molecule is CCN1CCN(C(=O)C2CCCN(C(=O)c3csc(Nc4ccc([N+](=O)[O-])cc4)n3)C2)CC1. The van der Waals surface area contributed by atoms with E-state index in [-0.39, 0.29) is 23.4 Å². The molecule has 2 saturated heterocycles. The molecule has 10 nitrogen and oxygen atoms in total. The van der Waals surface area contributed by atoms with E-state index in [4.69, 9.17) is 0 Å². The maximum Gasteiger partial charge on any atom is 0.273 e. The number of hydrogen-bond acceptors (Lipinski definition) is 8. The molecule has 0 radical (unpaired) electrons. The number of anilines is 2. The number of nitrogens with zero attached hydrogens (tertiary/aromatic N) is 5. The fourth-order valence-electron chi connectivity index (χ4n) is 4.29. The van der Waals surface area contributed by atoms with Crippen molar-refractivity contribution >= 4 is 39.7 Å². The van der Waals surface area contributed by atoms with Crippen LogP contribution >= 0.6 is 11.3 Å². The standard InChI is InChI=1S/C22H28N6O4S/c1-2-25-10-12-26(13-11-25)20(29)16-4-3-9-27(14-16)21(30)19-15-33-22(24-19)23-17-5-7-18(8-6-17)28(31)32/h5-8,15-16H,2-4,9-14H2,1H3,(H,23,24). The number of likely N-dealkylation sites (tertiary alicyclic amines) is 1. The molecular formula is C22H28N6O4S. The van der Waals surface area contributed by atoms with Crippen molar-refractivity contribution in [3.8, 4) is 0 Å². The first-order valence-electron chi connectivity index (χ1n) is 11.2. The summed E-state index contributed by atoms with van der Waals surface area (Å²) in [6.07, 6.45) is 1.61. The number of hydrogen-bond donors (Lipinski definition) is 1. The first-order chi connectivity index (χ1) is 15.9. The second-order valence-corrected chi connectivity index (χ2v) is 9.17. The molecule has 33 heavy (non-hydrogen) atoms. The van der Waals surface area contributed by atoms with Crippen LogP contribution in [0, 0.1) is 16.0 Å². The fraction of sp³-hybridized carbons (Fsp3) is 0.500. The average Bonchev–Trinajstić information content (AvgIpc) is 3.32. The molecule has 176 valence electrons. The maximum atomic E-state index is 13.0. The van der Waals surface area contributed by atoms with Crippen LogP contribution in [0.2, 0.25) is 0 Å². The molecule has 2 aliphatic rings. The highest BCUT2D eigenvalue weighted by atomic mass is 32.1. The van der Waals surface area contributed by atoms with E-state index in [1.54, 1.807) is 22.4 Å². The summed E-state index contributed by atoms with van der Waals surface area (Å²) in [5, 5.41) is 16.1. The van der Waals surface area contributed by atoms with Crippen molar-refractivity contribution < 1.29 is 14.5 Å². The van der Waals surface area contributed by atoms with E-state index >= 15 is 0 Å². The molecule has 2 fully saturated rings. The van der Waals surface area contributed by atoms with E-state index in [1.807, 2.05) is 4.90 Å². The van der Waals surface area contributed by atoms with E-state index in [1.165, 1.54) is 23.5 Å². The number of aromatic nitrogens is 1. The van der Waals surface area contributed by atoms with Crippen LogP contribution in [0.25, 0.3) is 0 Å². The van der Waals surface area contributed by atoms with Crippen LogP contribution in [0.15, 0.2) is 29.6 Å². The lowest BCUT2D eigenvalue weighted by atomic mass is 9.96. The molecule has 0 aliphatic carbocycles. The number of piperidine rings is 1. The number of piperazine rings is 1. The molecule has 11 heteroatoms. The molecule has 0 bridgehead atoms. The lowest BCUT2D eigenvalue weighted by Crippen LogP contribution is -2.53. The highest BCUT2D eigenvalue weighted by molar-refractivity contribution is 7.14. The molecule has 4 rings (SSSR count). The van der Waals surface area contributed by atoms with Crippen molar-refractivity contribution in [1.29, 1.82) is 0 Å². The zero-order valence-electron chi connectivity index (χ0n) is 18.6. The minimum absolute atomic E-state index is 0.0111. The Kier molecular flexibility index (Phi) is 7.19. The summed E-state index contributed by atoms with van der Waals surface area (Å²) in [5.74, 6) is -0.175. The molecule has 0 saturated carbocycles. The van der Waals surface area contributed by atoms with E-state index in [0.717, 1.165) is 45.6 Å². The Morgan fingerprint density at radius 1 is 1.15 bits per heavy atom. The van der Waals surface area contributed by atoms with Crippen LogP contribution in [0.1, 0.15) is 30.3 Å². The van der Waals surface area contributed by atoms with Crippen molar-refractivity contribution in [1.82, 2.24) is 19.7 Å². The summed E-state index contributed by atoms with van der Waals surface area (Å²) >= 11 is 1.30. The summed E-state index contributed by atoms with van der Waals surface area (Å²) in [4.78, 5) is 46.8. The molecule has 1 unspecified atom stereocenters. The highest BCUT2D eigenvalue weighted by Crippen LogP contribution is 2.25. The van der Waals surface area contributed by atoms with Gasteiger partial charge in [-0.05, 0) is 31.5 Å². The normalized spacial score (nSPS) is 19.4. The fourth-order valence-corrected chi connectivity index (χ4v) is 4.99. The number of benzene rings is 1. The largest absolute Gasteiger partial charge is 0.340 e. The van der Waals surface area contributed by atoms with Gasteiger partial charge in [-0.1, -0.05) is 6.92 Å². The third-order valence-electron chi connectivity index (χ3n) is 6.24. The molecule has 3 heterocycles. The number of amides is 2. The van der Waals surface area contributed by atoms with Crippen molar-refractivity contribution in [3.63, 3.8) is 0 Å². The Hall–Kier alpha value is -3.05. The first kappa shape index (κ1) is 23.1. The summed E-state index contributed by atoms with van der Waals surface area (Å²) in [5.41, 5.74) is 1.01. The van der Waals surface area contributed by atoms with Gasteiger partial charge in [-0.3, -0.25) is 19.7 Å². The zero-order chi connectivity index (χ0) is 23.4. The number of rotatable bonds is 6. The topological polar surface area (TPSA) is 112 Å². The number of thiazole rings is 1. The molecule has 2 aromatic rings. The number of nitro benzene ring substituents is 1. The smallest absolute Gasteiger partial charge is 0.273 e. The lowest BCUT2D eigenvalue weighted by Gasteiger charge is -2.38. The number of nitrogens with one attached hydrogen (secondary N) is 1. The van der Waals surface area contributed by atoms with Gasteiger partial charge in [-0.15, -0.1) is 11.3 Å². The Morgan fingerprint density at radius 3 is 2.55 bits per heavy atom. The van der Waals surface area contributed by atoms with Crippen molar-refractivity contribution in [2.75, 3.05) is 51.1 Å². The molecule has 1 aromatic heterocycles. The molecule has 2 amide bonds. The van der Waals surface area contributed by atoms with Gasteiger partial charge in [0, 0.05) is 62.5 Å². The Balaban J connectivity index is 1.34. The van der Waals surface area contributed by atoms with Crippen molar-refractivity contribution in [2.45, 2.75) is 19.8 Å². The number of non-ortho nitro benzene ring substituents is 1. The second-order valence-electron chi connectivity index (χ2n) is 8.32. The van der Waals surface area contributed by atoms with Gasteiger partial charge in [0.05, 0.1) is 10.8 Å². The number of carbonyl (C=O) groups excluding carboxylic acids is 2. The highest BCUT2D eigenvalue weighted by Gasteiger charge is 2.33. The van der Waals surface area contributed by atoms with Crippen molar-refractivity contribution in [2.24, 2.45) is 5.92 Å². The summed E-state index contributed by atoms with van der Waals surface area (Å²) in [6, 6.07) is 6.02. The average molecular weight is 473 g/mol. The van der Waals surface area contributed by atoms with Crippen LogP contribution in [-0.4, -0.2) is 82.2 Å². The lowest BCUT2D eigenvalue weighted by molar-refractivity contribution is -0.384. The van der Waals surface area contributed by atoms with Gasteiger partial charge in [0.15, 0.2) is 5.13 Å². The summed E-state index contributed by atoms with van der Waals surface area (Å²) in [7, 11) is 0. The van der Waals surface area contributed by atoms with E-state index < -0.39 is 4.92 Å². The second kappa shape index (κ2) is 10.3. The van der Waals surface area contributed by atoms with Crippen LogP contribution in [-0.2, 0) is 4.79 Å². The number of nitro groups is 1. The molecular weight excluding hydrogens is 444 g/mol. The third-order valence-corrected chi connectivity index (χ3v) is 7.00. The minimum Gasteiger partial charge on any atom is -0.340 e. The molecule has 1 aromatic carbocycles. The maximum absolute atomic E-state index is 13.0.